The van der Waals surface area contributed by atoms with Crippen molar-refractivity contribution in [1.29, 1.82) is 0 Å². The fraction of sp³-hybridized carbons (Fsp3) is 0.310. The van der Waals surface area contributed by atoms with Crippen LogP contribution < -0.4 is 10.2 Å². The van der Waals surface area contributed by atoms with E-state index in [0.29, 0.717) is 34.5 Å². The lowest BCUT2D eigenvalue weighted by atomic mass is 9.78. The zero-order valence-electron chi connectivity index (χ0n) is 20.0. The summed E-state index contributed by atoms with van der Waals surface area (Å²) < 4.78 is 0. The van der Waals surface area contributed by atoms with Crippen LogP contribution in [0.25, 0.3) is 0 Å². The Labute approximate surface area is 216 Å². The molecule has 0 spiro atoms. The summed E-state index contributed by atoms with van der Waals surface area (Å²) in [5.74, 6) is 0.853. The number of hydrogen-bond acceptors (Lipinski definition) is 3. The molecule has 2 aliphatic rings. The maximum absolute atomic E-state index is 13.8. The maximum Gasteiger partial charge on any atom is 0.259 e. The predicted molar refractivity (Wildman–Crippen MR) is 142 cm³/mol. The van der Waals surface area contributed by atoms with Crippen molar-refractivity contribution in [3.05, 3.63) is 88.4 Å². The van der Waals surface area contributed by atoms with Crippen LogP contribution >= 0.6 is 23.4 Å². The number of amides is 2. The van der Waals surface area contributed by atoms with Gasteiger partial charge in [-0.15, -0.1) is 0 Å². The number of carbonyl (C=O) groups excluding carboxylic acids is 2. The molecule has 1 aliphatic carbocycles. The van der Waals surface area contributed by atoms with E-state index in [9.17, 15) is 9.59 Å². The molecule has 4 nitrogen and oxygen atoms in total. The van der Waals surface area contributed by atoms with Crippen molar-refractivity contribution in [2.24, 2.45) is 11.8 Å². The maximum atomic E-state index is 13.8. The van der Waals surface area contributed by atoms with Gasteiger partial charge in [0.15, 0.2) is 0 Å². The Morgan fingerprint density at radius 1 is 1.03 bits per heavy atom. The monoisotopic (exact) mass is 504 g/mol. The first-order valence-corrected chi connectivity index (χ1v) is 13.4. The van der Waals surface area contributed by atoms with E-state index in [-0.39, 0.29) is 17.9 Å². The van der Waals surface area contributed by atoms with Gasteiger partial charge in [-0.25, -0.2) is 0 Å². The number of hydrogen-bond donors (Lipinski definition) is 1. The van der Waals surface area contributed by atoms with E-state index in [0.717, 1.165) is 33.9 Å². The standard InChI is InChI=1S/C29H29ClN2O2S/c1-18-8-7-12-24(19(18)2)31-28(33)20-14-15-27-25(16-20)32(17-21-9-3-5-11-23(21)30)29(34)22-10-4-6-13-26(22)35-27/h3-6,9-11,13-16,18-19,24H,7-8,12,17H2,1-2H3,(H,31,33)/t18-,19-,24+/m1/s1. The first kappa shape index (κ1) is 24.0. The van der Waals surface area contributed by atoms with E-state index >= 15 is 0 Å². The predicted octanol–water partition coefficient (Wildman–Crippen LogP) is 7.21. The summed E-state index contributed by atoms with van der Waals surface area (Å²) in [4.78, 5) is 30.7. The third-order valence-corrected chi connectivity index (χ3v) is 8.91. The molecular formula is C29H29ClN2O2S. The molecule has 1 aliphatic heterocycles. The Morgan fingerprint density at radius 3 is 2.63 bits per heavy atom. The second-order valence-electron chi connectivity index (χ2n) is 9.61. The summed E-state index contributed by atoms with van der Waals surface area (Å²) in [7, 11) is 0. The third-order valence-electron chi connectivity index (χ3n) is 7.40. The lowest BCUT2D eigenvalue weighted by Gasteiger charge is -2.34. The highest BCUT2D eigenvalue weighted by Gasteiger charge is 2.31. The van der Waals surface area contributed by atoms with Gasteiger partial charge in [-0.1, -0.05) is 80.4 Å². The van der Waals surface area contributed by atoms with E-state index in [1.54, 1.807) is 16.7 Å². The second-order valence-corrected chi connectivity index (χ2v) is 11.1. The Balaban J connectivity index is 1.52. The van der Waals surface area contributed by atoms with Gasteiger partial charge in [-0.3, -0.25) is 9.59 Å². The minimum Gasteiger partial charge on any atom is -0.349 e. The first-order valence-electron chi connectivity index (χ1n) is 12.2. The van der Waals surface area contributed by atoms with Gasteiger partial charge < -0.3 is 10.2 Å². The van der Waals surface area contributed by atoms with E-state index in [1.165, 1.54) is 6.42 Å². The molecule has 1 N–H and O–H groups in total. The zero-order valence-corrected chi connectivity index (χ0v) is 21.5. The van der Waals surface area contributed by atoms with Crippen LogP contribution in [0.2, 0.25) is 5.02 Å². The summed E-state index contributed by atoms with van der Waals surface area (Å²) >= 11 is 8.02. The largest absolute Gasteiger partial charge is 0.349 e. The van der Waals surface area contributed by atoms with Gasteiger partial charge >= 0.3 is 0 Å². The van der Waals surface area contributed by atoms with Gasteiger partial charge in [0.25, 0.3) is 11.8 Å². The molecule has 1 fully saturated rings. The molecule has 6 heteroatoms. The second kappa shape index (κ2) is 10.1. The highest BCUT2D eigenvalue weighted by molar-refractivity contribution is 7.99. The molecule has 2 amide bonds. The molecule has 5 rings (SSSR count). The van der Waals surface area contributed by atoms with Crippen molar-refractivity contribution in [3.8, 4) is 0 Å². The molecule has 3 atom stereocenters. The van der Waals surface area contributed by atoms with E-state index in [2.05, 4.69) is 19.2 Å². The normalized spacial score (nSPS) is 21.6. The lowest BCUT2D eigenvalue weighted by molar-refractivity contribution is 0.0889. The Kier molecular flexibility index (Phi) is 6.90. The van der Waals surface area contributed by atoms with Crippen molar-refractivity contribution in [1.82, 2.24) is 5.32 Å². The average molecular weight is 505 g/mol. The van der Waals surface area contributed by atoms with Gasteiger partial charge in [0.2, 0.25) is 0 Å². The summed E-state index contributed by atoms with van der Waals surface area (Å²) in [5.41, 5.74) is 2.81. The Bertz CT molecular complexity index is 1280. The zero-order chi connectivity index (χ0) is 24.5. The number of anilines is 1. The fourth-order valence-corrected chi connectivity index (χ4v) is 6.31. The molecular weight excluding hydrogens is 476 g/mol. The van der Waals surface area contributed by atoms with Crippen LogP contribution in [0.5, 0.6) is 0 Å². The number of benzene rings is 3. The topological polar surface area (TPSA) is 49.4 Å². The molecule has 1 heterocycles. The summed E-state index contributed by atoms with van der Waals surface area (Å²) in [6.45, 7) is 4.81. The fourth-order valence-electron chi connectivity index (χ4n) is 5.05. The van der Waals surface area contributed by atoms with Gasteiger partial charge in [0.05, 0.1) is 17.8 Å². The van der Waals surface area contributed by atoms with Gasteiger partial charge in [0.1, 0.15) is 0 Å². The van der Waals surface area contributed by atoms with Crippen LogP contribution in [0.15, 0.2) is 76.5 Å². The molecule has 0 aromatic heterocycles. The van der Waals surface area contributed by atoms with Crippen LogP contribution in [-0.4, -0.2) is 17.9 Å². The molecule has 3 aromatic rings. The average Bonchev–Trinajstić information content (AvgIpc) is 2.97. The summed E-state index contributed by atoms with van der Waals surface area (Å²) in [6, 6.07) is 21.1. The quantitative estimate of drug-likeness (QED) is 0.408. The number of rotatable bonds is 4. The number of halogens is 1. The Hall–Kier alpha value is -2.76. The molecule has 0 unspecified atom stereocenters. The molecule has 0 radical (unpaired) electrons. The van der Waals surface area contributed by atoms with Crippen LogP contribution in [0, 0.1) is 11.8 Å². The van der Waals surface area contributed by atoms with Crippen LogP contribution in [0.3, 0.4) is 0 Å². The lowest BCUT2D eigenvalue weighted by Crippen LogP contribution is -2.43. The minimum atomic E-state index is -0.0981. The Morgan fingerprint density at radius 2 is 1.80 bits per heavy atom. The van der Waals surface area contributed by atoms with Crippen molar-refractivity contribution in [2.75, 3.05) is 4.90 Å². The van der Waals surface area contributed by atoms with Gasteiger partial charge in [-0.05, 0) is 60.2 Å². The highest BCUT2D eigenvalue weighted by Crippen LogP contribution is 2.42. The number of carbonyl (C=O) groups is 2. The molecule has 0 bridgehead atoms. The first-order chi connectivity index (χ1) is 16.9. The van der Waals surface area contributed by atoms with Crippen molar-refractivity contribution < 1.29 is 9.59 Å². The van der Waals surface area contributed by atoms with Gasteiger partial charge in [-0.2, -0.15) is 0 Å². The van der Waals surface area contributed by atoms with E-state index in [4.69, 9.17) is 11.6 Å². The number of nitrogens with one attached hydrogen (secondary N) is 1. The summed E-state index contributed by atoms with van der Waals surface area (Å²) in [5, 5.41) is 3.88. The molecule has 1 saturated carbocycles. The third kappa shape index (κ3) is 4.85. The smallest absolute Gasteiger partial charge is 0.259 e. The SMILES string of the molecule is C[C@@H]1[C@H](C)CCC[C@@H]1NC(=O)c1ccc2c(c1)N(Cc1ccccc1Cl)C(=O)c1ccccc1S2. The van der Waals surface area contributed by atoms with Crippen LogP contribution in [0.1, 0.15) is 59.4 Å². The highest BCUT2D eigenvalue weighted by atomic mass is 35.5. The van der Waals surface area contributed by atoms with Crippen LogP contribution in [-0.2, 0) is 6.54 Å². The van der Waals surface area contributed by atoms with Crippen molar-refractivity contribution >= 4 is 40.9 Å². The van der Waals surface area contributed by atoms with Gasteiger partial charge in [0, 0.05) is 26.4 Å². The van der Waals surface area contributed by atoms with Crippen molar-refractivity contribution in [2.45, 2.75) is 55.5 Å². The van der Waals surface area contributed by atoms with E-state index < -0.39 is 0 Å². The molecule has 180 valence electrons. The molecule has 35 heavy (non-hydrogen) atoms. The van der Waals surface area contributed by atoms with E-state index in [1.807, 2.05) is 66.7 Å². The van der Waals surface area contributed by atoms with Crippen LogP contribution in [0.4, 0.5) is 5.69 Å². The summed E-state index contributed by atoms with van der Waals surface area (Å²) in [6.07, 6.45) is 3.35. The van der Waals surface area contributed by atoms with Crippen molar-refractivity contribution in [3.63, 3.8) is 0 Å². The minimum absolute atomic E-state index is 0.0874. The number of nitrogens with zero attached hydrogens (tertiary/aromatic N) is 1. The molecule has 0 saturated heterocycles. The number of fused-ring (bicyclic) bond motifs is 2. The molecule has 3 aromatic carbocycles.